The Hall–Kier alpha value is -0.120. The molecule has 20 heavy (non-hydrogen) atoms. The van der Waals surface area contributed by atoms with E-state index in [-0.39, 0.29) is 5.54 Å². The van der Waals surface area contributed by atoms with Crippen molar-refractivity contribution in [2.24, 2.45) is 17.1 Å². The van der Waals surface area contributed by atoms with Crippen molar-refractivity contribution in [2.75, 3.05) is 26.7 Å². The summed E-state index contributed by atoms with van der Waals surface area (Å²) >= 11 is 0. The molecule has 0 radical (unpaired) electrons. The van der Waals surface area contributed by atoms with Crippen molar-refractivity contribution in [1.82, 2.24) is 9.80 Å². The van der Waals surface area contributed by atoms with Gasteiger partial charge in [-0.1, -0.05) is 20.8 Å². The van der Waals surface area contributed by atoms with Crippen LogP contribution >= 0.6 is 0 Å². The van der Waals surface area contributed by atoms with Gasteiger partial charge in [0.1, 0.15) is 0 Å². The van der Waals surface area contributed by atoms with Crippen LogP contribution in [0.3, 0.4) is 0 Å². The Morgan fingerprint density at radius 1 is 1.05 bits per heavy atom. The molecule has 118 valence electrons. The van der Waals surface area contributed by atoms with E-state index in [0.717, 1.165) is 12.5 Å². The topological polar surface area (TPSA) is 32.5 Å². The number of piperazine rings is 1. The molecule has 0 aromatic heterocycles. The molecule has 1 aliphatic carbocycles. The second-order valence-electron chi connectivity index (χ2n) is 8.55. The Kier molecular flexibility index (Phi) is 4.54. The summed E-state index contributed by atoms with van der Waals surface area (Å²) in [7, 11) is 2.26. The zero-order valence-electron chi connectivity index (χ0n) is 14.4. The van der Waals surface area contributed by atoms with E-state index in [1.54, 1.807) is 0 Å². The predicted molar refractivity (Wildman–Crippen MR) is 86.8 cm³/mol. The lowest BCUT2D eigenvalue weighted by Gasteiger charge is -2.57. The van der Waals surface area contributed by atoms with Crippen molar-refractivity contribution in [3.05, 3.63) is 0 Å². The normalized spacial score (nSPS) is 43.6. The van der Waals surface area contributed by atoms with Crippen LogP contribution in [0.1, 0.15) is 53.9 Å². The molecule has 4 atom stereocenters. The third kappa shape index (κ3) is 3.05. The Bertz CT molecular complexity index is 329. The van der Waals surface area contributed by atoms with E-state index >= 15 is 0 Å². The fraction of sp³-hybridized carbons (Fsp3) is 1.00. The Morgan fingerprint density at radius 3 is 2.05 bits per heavy atom. The quantitative estimate of drug-likeness (QED) is 0.844. The van der Waals surface area contributed by atoms with Crippen LogP contribution in [-0.4, -0.2) is 54.1 Å². The summed E-state index contributed by atoms with van der Waals surface area (Å²) in [5, 5.41) is 0. The maximum Gasteiger partial charge on any atom is 0.0340 e. The third-order valence-electron chi connectivity index (χ3n) is 5.85. The van der Waals surface area contributed by atoms with E-state index in [4.69, 9.17) is 5.73 Å². The van der Waals surface area contributed by atoms with Crippen molar-refractivity contribution in [2.45, 2.75) is 71.5 Å². The molecule has 1 heterocycles. The molecule has 4 unspecified atom stereocenters. The Balaban J connectivity index is 2.22. The molecule has 0 amide bonds. The van der Waals surface area contributed by atoms with Crippen LogP contribution in [0.25, 0.3) is 0 Å². The van der Waals surface area contributed by atoms with Gasteiger partial charge >= 0.3 is 0 Å². The van der Waals surface area contributed by atoms with Crippen LogP contribution < -0.4 is 5.73 Å². The van der Waals surface area contributed by atoms with Crippen LogP contribution in [0.4, 0.5) is 0 Å². The van der Waals surface area contributed by atoms with Gasteiger partial charge in [-0.3, -0.25) is 9.80 Å². The zero-order valence-corrected chi connectivity index (χ0v) is 14.4. The van der Waals surface area contributed by atoms with Crippen LogP contribution in [0.15, 0.2) is 0 Å². The first kappa shape index (κ1) is 16.3. The van der Waals surface area contributed by atoms with Crippen LogP contribution in [0, 0.1) is 11.3 Å². The molecule has 0 aromatic carbocycles. The van der Waals surface area contributed by atoms with Gasteiger partial charge in [-0.2, -0.15) is 0 Å². The number of rotatable bonds is 2. The minimum absolute atomic E-state index is 0.227. The van der Waals surface area contributed by atoms with Crippen LogP contribution in [-0.2, 0) is 0 Å². The second-order valence-corrected chi connectivity index (χ2v) is 8.55. The first-order valence-electron chi connectivity index (χ1n) is 8.36. The molecule has 2 fully saturated rings. The minimum Gasteiger partial charge on any atom is -0.329 e. The molecule has 2 aliphatic rings. The number of hydrogen-bond donors (Lipinski definition) is 1. The summed E-state index contributed by atoms with van der Waals surface area (Å²) in [5.41, 5.74) is 6.97. The van der Waals surface area contributed by atoms with Crippen molar-refractivity contribution >= 4 is 0 Å². The molecule has 3 heteroatoms. The van der Waals surface area contributed by atoms with E-state index in [1.165, 1.54) is 32.4 Å². The molecule has 2 N–H and O–H groups in total. The monoisotopic (exact) mass is 281 g/mol. The zero-order chi connectivity index (χ0) is 15.1. The summed E-state index contributed by atoms with van der Waals surface area (Å²) in [6.45, 7) is 15.1. The van der Waals surface area contributed by atoms with Gasteiger partial charge in [0.15, 0.2) is 0 Å². The number of nitrogens with two attached hydrogens (primary N) is 1. The highest BCUT2D eigenvalue weighted by Gasteiger charge is 2.47. The van der Waals surface area contributed by atoms with Crippen LogP contribution in [0.5, 0.6) is 0 Å². The van der Waals surface area contributed by atoms with Crippen molar-refractivity contribution in [3.63, 3.8) is 0 Å². The van der Waals surface area contributed by atoms with E-state index < -0.39 is 0 Å². The smallest absolute Gasteiger partial charge is 0.0340 e. The standard InChI is InChI=1S/C17H35N3/c1-13-7-16(4,5)11-17(8-13,12-18)20-9-14(2)19(6)15(3)10-20/h13-15H,7-12,18H2,1-6H3. The average Bonchev–Trinajstić information content (AvgIpc) is 2.32. The molecule has 2 rings (SSSR count). The highest BCUT2D eigenvalue weighted by atomic mass is 15.3. The fourth-order valence-corrected chi connectivity index (χ4v) is 5.02. The molecule has 1 aliphatic heterocycles. The molecular weight excluding hydrogens is 246 g/mol. The van der Waals surface area contributed by atoms with Gasteiger partial charge in [0.25, 0.3) is 0 Å². The van der Waals surface area contributed by atoms with E-state index in [2.05, 4.69) is 51.5 Å². The average molecular weight is 281 g/mol. The maximum absolute atomic E-state index is 6.32. The van der Waals surface area contributed by atoms with Crippen LogP contribution in [0.2, 0.25) is 0 Å². The molecule has 0 bridgehead atoms. The summed E-state index contributed by atoms with van der Waals surface area (Å²) < 4.78 is 0. The molecule has 0 spiro atoms. The Labute approximate surface area is 125 Å². The number of hydrogen-bond acceptors (Lipinski definition) is 3. The number of likely N-dealkylation sites (N-methyl/N-ethyl adjacent to an activating group) is 1. The second kappa shape index (κ2) is 5.58. The lowest BCUT2D eigenvalue weighted by atomic mass is 9.63. The highest BCUT2D eigenvalue weighted by molar-refractivity contribution is 5.03. The van der Waals surface area contributed by atoms with Gasteiger partial charge in [0.2, 0.25) is 0 Å². The van der Waals surface area contributed by atoms with Gasteiger partial charge in [0, 0.05) is 37.3 Å². The largest absolute Gasteiger partial charge is 0.329 e. The Morgan fingerprint density at radius 2 is 1.60 bits per heavy atom. The number of nitrogens with zero attached hydrogens (tertiary/aromatic N) is 2. The SMILES string of the molecule is CC1CC(C)(C)CC(CN)(N2CC(C)N(C)C(C)C2)C1. The van der Waals surface area contributed by atoms with Crippen molar-refractivity contribution in [3.8, 4) is 0 Å². The maximum atomic E-state index is 6.32. The molecule has 0 aromatic rings. The summed E-state index contributed by atoms with van der Waals surface area (Å²) in [6.07, 6.45) is 3.87. The molecule has 3 nitrogen and oxygen atoms in total. The minimum atomic E-state index is 0.227. The van der Waals surface area contributed by atoms with E-state index in [1.807, 2.05) is 0 Å². The summed E-state index contributed by atoms with van der Waals surface area (Å²) in [4.78, 5) is 5.25. The summed E-state index contributed by atoms with van der Waals surface area (Å²) in [6, 6.07) is 1.25. The van der Waals surface area contributed by atoms with Gasteiger partial charge in [-0.15, -0.1) is 0 Å². The predicted octanol–water partition coefficient (Wildman–Crippen LogP) is 2.55. The highest BCUT2D eigenvalue weighted by Crippen LogP contribution is 2.46. The van der Waals surface area contributed by atoms with Gasteiger partial charge < -0.3 is 5.73 Å². The summed E-state index contributed by atoms with van der Waals surface area (Å²) in [5.74, 6) is 0.785. The fourth-order valence-electron chi connectivity index (χ4n) is 5.02. The van der Waals surface area contributed by atoms with Crippen molar-refractivity contribution in [1.29, 1.82) is 0 Å². The van der Waals surface area contributed by atoms with Gasteiger partial charge in [0.05, 0.1) is 0 Å². The van der Waals surface area contributed by atoms with Crippen molar-refractivity contribution < 1.29 is 0 Å². The molecule has 1 saturated heterocycles. The van der Waals surface area contributed by atoms with Gasteiger partial charge in [-0.25, -0.2) is 0 Å². The molecule has 1 saturated carbocycles. The van der Waals surface area contributed by atoms with E-state index in [9.17, 15) is 0 Å². The lowest BCUT2D eigenvalue weighted by Crippen LogP contribution is -2.66. The van der Waals surface area contributed by atoms with E-state index in [0.29, 0.717) is 17.5 Å². The van der Waals surface area contributed by atoms with Gasteiger partial charge in [-0.05, 0) is 51.5 Å². The third-order valence-corrected chi connectivity index (χ3v) is 5.85. The first-order chi connectivity index (χ1) is 9.19. The molecular formula is C17H35N3. The first-order valence-corrected chi connectivity index (χ1v) is 8.36. The lowest BCUT2D eigenvalue weighted by molar-refractivity contribution is -0.0604.